The fraction of sp³-hybridized carbons (Fsp3) is 0.235. The van der Waals surface area contributed by atoms with E-state index in [0.717, 1.165) is 18.5 Å². The third-order valence-corrected chi connectivity index (χ3v) is 4.32. The first kappa shape index (κ1) is 13.6. The van der Waals surface area contributed by atoms with Crippen LogP contribution < -0.4 is 4.90 Å². The van der Waals surface area contributed by atoms with Gasteiger partial charge in [0.1, 0.15) is 0 Å². The van der Waals surface area contributed by atoms with Gasteiger partial charge in [0.25, 0.3) is 0 Å². The summed E-state index contributed by atoms with van der Waals surface area (Å²) in [7, 11) is 0. The van der Waals surface area contributed by atoms with Gasteiger partial charge in [0, 0.05) is 15.7 Å². The molecule has 3 rings (SSSR count). The molecule has 1 aliphatic heterocycles. The molecule has 0 radical (unpaired) electrons. The van der Waals surface area contributed by atoms with Crippen molar-refractivity contribution >= 4 is 34.2 Å². The number of fused-ring (bicyclic) bond motifs is 1. The van der Waals surface area contributed by atoms with Crippen LogP contribution in [0, 0.1) is 3.57 Å². The van der Waals surface area contributed by atoms with Gasteiger partial charge < -0.3 is 4.90 Å². The predicted octanol–water partition coefficient (Wildman–Crippen LogP) is 4.16. The molecular weight excluding hydrogens is 361 g/mol. The molecule has 0 aliphatic carbocycles. The Bertz CT molecular complexity index is 624. The zero-order valence-corrected chi connectivity index (χ0v) is 13.3. The topological polar surface area (TPSA) is 20.3 Å². The first-order valence-electron chi connectivity index (χ1n) is 6.87. The largest absolute Gasteiger partial charge is 0.308 e. The van der Waals surface area contributed by atoms with E-state index in [1.165, 1.54) is 14.7 Å². The number of anilines is 1. The monoisotopic (exact) mass is 377 g/mol. The van der Waals surface area contributed by atoms with Gasteiger partial charge in [-0.25, -0.2) is 0 Å². The van der Waals surface area contributed by atoms with E-state index in [4.69, 9.17) is 0 Å². The molecule has 0 fully saturated rings. The average Bonchev–Trinajstić information content (AvgIpc) is 2.60. The lowest BCUT2D eigenvalue weighted by Crippen LogP contribution is -2.29. The van der Waals surface area contributed by atoms with Gasteiger partial charge in [-0.2, -0.15) is 0 Å². The number of halogens is 1. The lowest BCUT2D eigenvalue weighted by molar-refractivity contribution is -0.118. The second-order valence-corrected chi connectivity index (χ2v) is 6.34. The summed E-state index contributed by atoms with van der Waals surface area (Å²) in [4.78, 5) is 14.3. The number of benzene rings is 2. The van der Waals surface area contributed by atoms with Crippen LogP contribution in [0.4, 0.5) is 5.69 Å². The standard InChI is InChI=1S/C17H16INO/c18-15-9-10-16-14(11-15)7-4-8-17(20)19(16)12-13-5-2-1-3-6-13/h1-3,5-6,9-11H,4,7-8,12H2. The zero-order chi connectivity index (χ0) is 13.9. The normalized spacial score (nSPS) is 14.8. The first-order valence-corrected chi connectivity index (χ1v) is 7.94. The summed E-state index contributed by atoms with van der Waals surface area (Å²) < 4.78 is 1.23. The van der Waals surface area contributed by atoms with Gasteiger partial charge in [0.05, 0.1) is 6.54 Å². The minimum atomic E-state index is 0.230. The van der Waals surface area contributed by atoms with Gasteiger partial charge in [-0.05, 0) is 64.8 Å². The highest BCUT2D eigenvalue weighted by molar-refractivity contribution is 14.1. The van der Waals surface area contributed by atoms with Crippen molar-refractivity contribution in [2.75, 3.05) is 4.90 Å². The van der Waals surface area contributed by atoms with Crippen LogP contribution in [0.15, 0.2) is 48.5 Å². The summed E-state index contributed by atoms with van der Waals surface area (Å²) in [5.41, 5.74) is 3.54. The Morgan fingerprint density at radius 1 is 1.05 bits per heavy atom. The first-order chi connectivity index (χ1) is 9.74. The molecular formula is C17H16INO. The van der Waals surface area contributed by atoms with Gasteiger partial charge in [-0.15, -0.1) is 0 Å². The minimum absolute atomic E-state index is 0.230. The second-order valence-electron chi connectivity index (χ2n) is 5.09. The molecule has 1 aliphatic rings. The molecule has 3 heteroatoms. The van der Waals surface area contributed by atoms with E-state index < -0.39 is 0 Å². The predicted molar refractivity (Wildman–Crippen MR) is 89.7 cm³/mol. The van der Waals surface area contributed by atoms with Crippen molar-refractivity contribution in [1.29, 1.82) is 0 Å². The molecule has 102 valence electrons. The summed E-state index contributed by atoms with van der Waals surface area (Å²) >= 11 is 2.33. The molecule has 1 heterocycles. The van der Waals surface area contributed by atoms with Crippen LogP contribution in [0.2, 0.25) is 0 Å². The Morgan fingerprint density at radius 2 is 1.85 bits per heavy atom. The van der Waals surface area contributed by atoms with E-state index >= 15 is 0 Å². The molecule has 0 saturated carbocycles. The summed E-state index contributed by atoms with van der Waals surface area (Å²) in [6, 6.07) is 16.6. The van der Waals surface area contributed by atoms with Crippen molar-refractivity contribution in [1.82, 2.24) is 0 Å². The number of hydrogen-bond acceptors (Lipinski definition) is 1. The Morgan fingerprint density at radius 3 is 2.65 bits per heavy atom. The third kappa shape index (κ3) is 2.87. The Balaban J connectivity index is 1.98. The maximum atomic E-state index is 12.4. The lowest BCUT2D eigenvalue weighted by Gasteiger charge is -2.23. The number of rotatable bonds is 2. The highest BCUT2D eigenvalue weighted by atomic mass is 127. The van der Waals surface area contributed by atoms with Gasteiger partial charge in [-0.1, -0.05) is 30.3 Å². The van der Waals surface area contributed by atoms with E-state index in [1.807, 2.05) is 23.1 Å². The molecule has 2 nitrogen and oxygen atoms in total. The van der Waals surface area contributed by atoms with Crippen LogP contribution in [0.25, 0.3) is 0 Å². The maximum absolute atomic E-state index is 12.4. The van der Waals surface area contributed by atoms with E-state index in [0.29, 0.717) is 13.0 Å². The van der Waals surface area contributed by atoms with Crippen molar-refractivity contribution in [2.45, 2.75) is 25.8 Å². The van der Waals surface area contributed by atoms with Gasteiger partial charge in [0.2, 0.25) is 5.91 Å². The van der Waals surface area contributed by atoms with Crippen molar-refractivity contribution in [3.63, 3.8) is 0 Å². The number of hydrogen-bond donors (Lipinski definition) is 0. The summed E-state index contributed by atoms with van der Waals surface area (Å²) in [6.07, 6.45) is 2.57. The average molecular weight is 377 g/mol. The Labute approximate surface area is 132 Å². The van der Waals surface area contributed by atoms with Crippen LogP contribution >= 0.6 is 22.6 Å². The van der Waals surface area contributed by atoms with Gasteiger partial charge >= 0.3 is 0 Å². The van der Waals surface area contributed by atoms with E-state index in [1.54, 1.807) is 0 Å². The molecule has 0 N–H and O–H groups in total. The number of nitrogens with zero attached hydrogens (tertiary/aromatic N) is 1. The number of carbonyl (C=O) groups excluding carboxylic acids is 1. The Hall–Kier alpha value is -1.36. The van der Waals surface area contributed by atoms with E-state index in [-0.39, 0.29) is 5.91 Å². The number of amides is 1. The van der Waals surface area contributed by atoms with Gasteiger partial charge in [-0.3, -0.25) is 4.79 Å². The maximum Gasteiger partial charge on any atom is 0.227 e. The third-order valence-electron chi connectivity index (χ3n) is 3.65. The van der Waals surface area contributed by atoms with Crippen LogP contribution in [-0.2, 0) is 17.8 Å². The van der Waals surface area contributed by atoms with Crippen molar-refractivity contribution in [2.24, 2.45) is 0 Å². The molecule has 0 bridgehead atoms. The minimum Gasteiger partial charge on any atom is -0.308 e. The van der Waals surface area contributed by atoms with Crippen molar-refractivity contribution in [3.05, 3.63) is 63.2 Å². The molecule has 2 aromatic carbocycles. The van der Waals surface area contributed by atoms with Crippen LogP contribution in [-0.4, -0.2) is 5.91 Å². The van der Waals surface area contributed by atoms with Crippen molar-refractivity contribution in [3.8, 4) is 0 Å². The SMILES string of the molecule is O=C1CCCc2cc(I)ccc2N1Cc1ccccc1. The Kier molecular flexibility index (Phi) is 4.05. The summed E-state index contributed by atoms with van der Waals surface area (Å²) in [6.45, 7) is 0.660. The molecule has 0 atom stereocenters. The highest BCUT2D eigenvalue weighted by Gasteiger charge is 2.22. The molecule has 20 heavy (non-hydrogen) atoms. The molecule has 1 amide bonds. The molecule has 0 saturated heterocycles. The quantitative estimate of drug-likeness (QED) is 0.720. The van der Waals surface area contributed by atoms with Crippen LogP contribution in [0.3, 0.4) is 0 Å². The smallest absolute Gasteiger partial charge is 0.227 e. The zero-order valence-electron chi connectivity index (χ0n) is 11.2. The fourth-order valence-corrected chi connectivity index (χ4v) is 3.21. The summed E-state index contributed by atoms with van der Waals surface area (Å²) in [5.74, 6) is 0.230. The second kappa shape index (κ2) is 5.95. The van der Waals surface area contributed by atoms with Crippen LogP contribution in [0.1, 0.15) is 24.0 Å². The molecule has 0 unspecified atom stereocenters. The van der Waals surface area contributed by atoms with Crippen LogP contribution in [0.5, 0.6) is 0 Å². The molecule has 0 aromatic heterocycles. The highest BCUT2D eigenvalue weighted by Crippen LogP contribution is 2.29. The van der Waals surface area contributed by atoms with Crippen molar-refractivity contribution < 1.29 is 4.79 Å². The number of carbonyl (C=O) groups is 1. The number of aryl methyl sites for hydroxylation is 1. The molecule has 0 spiro atoms. The molecule has 2 aromatic rings. The van der Waals surface area contributed by atoms with E-state index in [9.17, 15) is 4.79 Å². The summed E-state index contributed by atoms with van der Waals surface area (Å²) in [5, 5.41) is 0. The van der Waals surface area contributed by atoms with E-state index in [2.05, 4.69) is 52.9 Å². The lowest BCUT2D eigenvalue weighted by atomic mass is 10.1. The van der Waals surface area contributed by atoms with Gasteiger partial charge in [0.15, 0.2) is 0 Å². The fourth-order valence-electron chi connectivity index (χ4n) is 2.66.